The summed E-state index contributed by atoms with van der Waals surface area (Å²) in [6, 6.07) is 1.60. The smallest absolute Gasteiger partial charge is 0.311 e. The summed E-state index contributed by atoms with van der Waals surface area (Å²) in [7, 11) is 2.00. The molecule has 0 aliphatic heterocycles. The molecular formula is C39H81N5O6Si2. The molecule has 0 aromatic heterocycles. The lowest BCUT2D eigenvalue weighted by Crippen LogP contribution is -2.46. The zero-order chi connectivity index (χ0) is 40.2. The quantitative estimate of drug-likeness (QED) is 0.0462. The van der Waals surface area contributed by atoms with Crippen LogP contribution in [0.4, 0.5) is 0 Å². The first kappa shape index (κ1) is 50.2. The number of rotatable bonds is 29. The Bertz CT molecular complexity index is 1070. The van der Waals surface area contributed by atoms with Gasteiger partial charge in [0.1, 0.15) is 0 Å². The molecule has 0 saturated heterocycles. The minimum Gasteiger partial charge on any atom is -0.465 e. The fourth-order valence-corrected chi connectivity index (χ4v) is 14.8. The van der Waals surface area contributed by atoms with Gasteiger partial charge in [-0.15, -0.1) is 0 Å². The van der Waals surface area contributed by atoms with Crippen molar-refractivity contribution >= 4 is 40.3 Å². The van der Waals surface area contributed by atoms with E-state index < -0.39 is 27.5 Å². The minimum atomic E-state index is -2.13. The third-order valence-electron chi connectivity index (χ3n) is 10.0. The van der Waals surface area contributed by atoms with E-state index in [0.29, 0.717) is 58.0 Å². The minimum absolute atomic E-state index is 0.00613. The molecular weight excluding hydrogens is 691 g/mol. The number of ether oxygens (including phenoxy) is 1. The molecule has 11 nitrogen and oxygen atoms in total. The maximum absolute atomic E-state index is 13.2. The average molecular weight is 772 g/mol. The first-order valence-electron chi connectivity index (χ1n) is 20.1. The van der Waals surface area contributed by atoms with Crippen molar-refractivity contribution in [3.8, 4) is 0 Å². The number of carbonyl (C=O) groups excluding carboxylic acids is 4. The number of unbranched alkanes of at least 4 members (excludes halogenated alkanes) is 1. The maximum Gasteiger partial charge on any atom is 0.311 e. The molecule has 0 aromatic rings. The van der Waals surface area contributed by atoms with Gasteiger partial charge in [0.15, 0.2) is 16.6 Å². The highest BCUT2D eigenvalue weighted by atomic mass is 28.4. The molecule has 0 saturated carbocycles. The van der Waals surface area contributed by atoms with Gasteiger partial charge in [0.05, 0.1) is 12.0 Å². The van der Waals surface area contributed by atoms with E-state index in [1.165, 1.54) is 0 Å². The van der Waals surface area contributed by atoms with Crippen molar-refractivity contribution in [2.24, 2.45) is 22.7 Å². The highest BCUT2D eigenvalue weighted by Gasteiger charge is 2.37. The Hall–Kier alpha value is -1.81. The highest BCUT2D eigenvalue weighted by molar-refractivity contribution is 6.84. The Morgan fingerprint density at radius 1 is 0.654 bits per heavy atom. The Balaban J connectivity index is 4.73. The van der Waals surface area contributed by atoms with E-state index in [-0.39, 0.29) is 35.5 Å². The monoisotopic (exact) mass is 772 g/mol. The van der Waals surface area contributed by atoms with Crippen molar-refractivity contribution in [1.82, 2.24) is 25.8 Å². The number of nitrogens with zero attached hydrogens (tertiary/aromatic N) is 2. The van der Waals surface area contributed by atoms with Crippen LogP contribution in [0, 0.1) is 22.7 Å². The largest absolute Gasteiger partial charge is 0.465 e. The molecule has 2 unspecified atom stereocenters. The first-order valence-corrected chi connectivity index (χ1v) is 26.3. The molecule has 0 radical (unpaired) electrons. The average Bonchev–Trinajstić information content (AvgIpc) is 3.04. The Labute approximate surface area is 321 Å². The van der Waals surface area contributed by atoms with Gasteiger partial charge < -0.3 is 34.6 Å². The second kappa shape index (κ2) is 24.6. The lowest BCUT2D eigenvalue weighted by Gasteiger charge is -2.34. The van der Waals surface area contributed by atoms with Crippen LogP contribution in [0.15, 0.2) is 0 Å². The Kier molecular flexibility index (Phi) is 23.7. The zero-order valence-electron chi connectivity index (χ0n) is 36.0. The number of carbonyl (C=O) groups is 4. The van der Waals surface area contributed by atoms with Gasteiger partial charge in [-0.25, -0.2) is 0 Å². The van der Waals surface area contributed by atoms with E-state index in [9.17, 15) is 19.2 Å². The molecule has 0 rings (SSSR count). The van der Waals surface area contributed by atoms with E-state index in [2.05, 4.69) is 65.9 Å². The summed E-state index contributed by atoms with van der Waals surface area (Å²) < 4.78 is 12.6. The summed E-state index contributed by atoms with van der Waals surface area (Å²) in [4.78, 5) is 56.3. The molecule has 52 heavy (non-hydrogen) atoms. The molecule has 0 heterocycles. The molecule has 0 fully saturated rings. The van der Waals surface area contributed by atoms with Gasteiger partial charge in [-0.05, 0) is 144 Å². The van der Waals surface area contributed by atoms with Gasteiger partial charge in [-0.2, -0.15) is 0 Å². The van der Waals surface area contributed by atoms with Crippen LogP contribution in [0.2, 0.25) is 38.3 Å². The summed E-state index contributed by atoms with van der Waals surface area (Å²) in [6.45, 7) is 27.6. The lowest BCUT2D eigenvalue weighted by atomic mass is 9.80. The van der Waals surface area contributed by atoms with E-state index in [4.69, 9.17) is 8.85 Å². The number of hydrogen-bond acceptors (Lipinski definition) is 8. The number of amides is 3. The summed E-state index contributed by atoms with van der Waals surface area (Å²) in [5, 5.41) is 9.24. The molecule has 3 N–H and O–H groups in total. The van der Waals surface area contributed by atoms with E-state index >= 15 is 0 Å². The van der Waals surface area contributed by atoms with E-state index in [1.807, 2.05) is 55.6 Å². The van der Waals surface area contributed by atoms with Crippen LogP contribution in [0.25, 0.3) is 0 Å². The van der Waals surface area contributed by atoms with Gasteiger partial charge >= 0.3 is 5.97 Å². The maximum atomic E-state index is 13.2. The lowest BCUT2D eigenvalue weighted by molar-refractivity contribution is -0.154. The molecule has 2 atom stereocenters. The summed E-state index contributed by atoms with van der Waals surface area (Å²) >= 11 is 0. The van der Waals surface area contributed by atoms with Crippen molar-refractivity contribution in [2.45, 2.75) is 138 Å². The predicted octanol–water partition coefficient (Wildman–Crippen LogP) is 6.26. The van der Waals surface area contributed by atoms with Crippen LogP contribution in [-0.2, 0) is 28.0 Å². The summed E-state index contributed by atoms with van der Waals surface area (Å²) in [6.07, 6.45) is 6.02. The molecule has 13 heteroatoms. The van der Waals surface area contributed by atoms with Crippen molar-refractivity contribution in [2.75, 3.05) is 67.0 Å². The highest BCUT2D eigenvalue weighted by Crippen LogP contribution is 2.30. The Morgan fingerprint density at radius 2 is 1.15 bits per heavy atom. The van der Waals surface area contributed by atoms with Crippen molar-refractivity contribution in [3.05, 3.63) is 0 Å². The molecule has 3 amide bonds. The number of esters is 1. The van der Waals surface area contributed by atoms with Crippen LogP contribution in [0.5, 0.6) is 0 Å². The second-order valence-electron chi connectivity index (χ2n) is 17.6. The van der Waals surface area contributed by atoms with E-state index in [1.54, 1.807) is 0 Å². The third kappa shape index (κ3) is 21.8. The fraction of sp³-hybridized carbons (Fsp3) is 0.897. The first-order chi connectivity index (χ1) is 24.0. The van der Waals surface area contributed by atoms with Gasteiger partial charge in [-0.3, -0.25) is 19.2 Å². The standard InChI is InChI=1S/C39H81N5O6Si2/c1-15-32(34(45)40-22-18-19-25-43(8)9)30-38(4,5)36(47)42-24-21-28-51(11,12)50-52(13,14)29-27-49-37(48)39(6,7)31-33(16-2)35(46)41-23-20-26-44(10)17-3/h32-33H,15-31H2,1-14H3,(H,40,45)(H,41,46)(H,42,47). The topological polar surface area (TPSA) is 129 Å². The van der Waals surface area contributed by atoms with Crippen LogP contribution >= 0.6 is 0 Å². The van der Waals surface area contributed by atoms with Crippen molar-refractivity contribution < 1.29 is 28.0 Å². The third-order valence-corrected chi connectivity index (χ3v) is 17.4. The van der Waals surface area contributed by atoms with Gasteiger partial charge in [-0.1, -0.05) is 34.6 Å². The molecule has 0 aliphatic carbocycles. The SMILES string of the molecule is CCC(CC(C)(C)C(=O)NCCC[Si](C)(C)O[Si](C)(C)CCOC(=O)C(C)(C)CC(CC)C(=O)NCCCN(C)CC)C(=O)NCCCCN(C)C. The Morgan fingerprint density at radius 3 is 1.67 bits per heavy atom. The van der Waals surface area contributed by atoms with Gasteiger partial charge in [0, 0.05) is 36.9 Å². The number of hydrogen-bond donors (Lipinski definition) is 3. The van der Waals surface area contributed by atoms with Gasteiger partial charge in [0.2, 0.25) is 17.7 Å². The second-order valence-corrected chi connectivity index (χ2v) is 26.5. The number of nitrogens with one attached hydrogen (secondary N) is 3. The molecule has 0 aliphatic rings. The van der Waals surface area contributed by atoms with Crippen LogP contribution in [0.3, 0.4) is 0 Å². The van der Waals surface area contributed by atoms with Crippen molar-refractivity contribution in [1.29, 1.82) is 0 Å². The van der Waals surface area contributed by atoms with Crippen LogP contribution in [-0.4, -0.2) is 117 Å². The molecule has 0 spiro atoms. The normalized spacial score (nSPS) is 13.9. The van der Waals surface area contributed by atoms with Crippen molar-refractivity contribution in [3.63, 3.8) is 0 Å². The summed E-state index contributed by atoms with van der Waals surface area (Å²) in [5.74, 6) is -0.687. The molecule has 0 bridgehead atoms. The van der Waals surface area contributed by atoms with Gasteiger partial charge in [0.25, 0.3) is 0 Å². The summed E-state index contributed by atoms with van der Waals surface area (Å²) in [5.41, 5.74) is -1.42. The van der Waals surface area contributed by atoms with Crippen LogP contribution in [0.1, 0.15) is 99.8 Å². The fourth-order valence-electron chi connectivity index (χ4n) is 6.42. The van der Waals surface area contributed by atoms with E-state index in [0.717, 1.165) is 51.4 Å². The molecule has 306 valence electrons. The predicted molar refractivity (Wildman–Crippen MR) is 220 cm³/mol. The zero-order valence-corrected chi connectivity index (χ0v) is 38.0. The molecule has 0 aromatic carbocycles. The van der Waals surface area contributed by atoms with Crippen LogP contribution < -0.4 is 16.0 Å².